The van der Waals surface area contributed by atoms with E-state index in [1.54, 1.807) is 44.2 Å². The monoisotopic (exact) mass is 1300 g/mol. The Labute approximate surface area is 525 Å². The van der Waals surface area contributed by atoms with Crippen molar-refractivity contribution in [3.05, 3.63) is 35.9 Å². The minimum atomic E-state index is -4.67. The number of amides is 11. The van der Waals surface area contributed by atoms with Gasteiger partial charge in [-0.3, -0.25) is 61.8 Å². The fourth-order valence-corrected chi connectivity index (χ4v) is 9.12. The van der Waals surface area contributed by atoms with Gasteiger partial charge < -0.3 is 97.4 Å². The molecule has 0 aromatic heterocycles. The van der Waals surface area contributed by atoms with Gasteiger partial charge >= 0.3 is 10.4 Å². The van der Waals surface area contributed by atoms with E-state index in [2.05, 4.69) is 72.3 Å². The van der Waals surface area contributed by atoms with E-state index in [1.807, 2.05) is 0 Å². The van der Waals surface area contributed by atoms with Crippen LogP contribution in [-0.2, 0) is 69.6 Å². The summed E-state index contributed by atoms with van der Waals surface area (Å²) < 4.78 is 31.6. The zero-order chi connectivity index (χ0) is 68.3. The first kappa shape index (κ1) is 81.0. The molecule has 512 valence electrons. The number of nitrogens with two attached hydrogens (primary N) is 5. The Morgan fingerprint density at radius 3 is 1.52 bits per heavy atom. The second kappa shape index (κ2) is 42.9. The van der Waals surface area contributed by atoms with Crippen LogP contribution in [0.4, 0.5) is 0 Å². The van der Waals surface area contributed by atoms with E-state index in [0.29, 0.717) is 17.9 Å². The Hall–Kier alpha value is -7.02. The second-order valence-electron chi connectivity index (χ2n) is 22.5. The zero-order valence-corrected chi connectivity index (χ0v) is 53.1. The number of benzene rings is 1. The number of nitrogens with one attached hydrogen (secondary N) is 11. The van der Waals surface area contributed by atoms with Gasteiger partial charge in [0.05, 0.1) is 12.2 Å². The molecular formula is C56H100N16O17S. The van der Waals surface area contributed by atoms with Crippen molar-refractivity contribution in [2.45, 2.75) is 198 Å². The van der Waals surface area contributed by atoms with Crippen LogP contribution in [0.2, 0.25) is 0 Å². The van der Waals surface area contributed by atoms with Crippen LogP contribution in [0.15, 0.2) is 30.3 Å². The molecule has 0 saturated carbocycles. The largest absolute Gasteiger partial charge is 0.394 e. The molecular weight excluding hydrogens is 1200 g/mol. The molecule has 90 heavy (non-hydrogen) atoms. The lowest BCUT2D eigenvalue weighted by molar-refractivity contribution is -0.137. The van der Waals surface area contributed by atoms with Crippen molar-refractivity contribution in [3.63, 3.8) is 0 Å². The lowest BCUT2D eigenvalue weighted by Gasteiger charge is -2.29. The van der Waals surface area contributed by atoms with Gasteiger partial charge in [-0.2, -0.15) is 8.42 Å². The molecule has 13 atom stereocenters. The summed E-state index contributed by atoms with van der Waals surface area (Å²) >= 11 is 0. The van der Waals surface area contributed by atoms with Crippen LogP contribution in [-0.4, -0.2) is 205 Å². The number of carbonyl (C=O) groups is 11. The molecule has 1 aliphatic rings. The molecule has 1 aromatic rings. The van der Waals surface area contributed by atoms with E-state index in [1.165, 1.54) is 13.8 Å². The summed E-state index contributed by atoms with van der Waals surface area (Å²) in [5, 5.41) is 49.7. The molecule has 0 radical (unpaired) electrons. The van der Waals surface area contributed by atoms with Gasteiger partial charge in [0.25, 0.3) is 0 Å². The molecule has 0 spiro atoms. The fourth-order valence-electron chi connectivity index (χ4n) is 9.12. The lowest BCUT2D eigenvalue weighted by Crippen LogP contribution is -2.62. The summed E-state index contributed by atoms with van der Waals surface area (Å²) in [6.07, 6.45) is -1.05. The van der Waals surface area contributed by atoms with Crippen molar-refractivity contribution < 1.29 is 80.5 Å². The summed E-state index contributed by atoms with van der Waals surface area (Å²) in [6, 6.07) is -6.23. The van der Waals surface area contributed by atoms with Crippen LogP contribution >= 0.6 is 0 Å². The van der Waals surface area contributed by atoms with Crippen LogP contribution in [0.5, 0.6) is 0 Å². The van der Waals surface area contributed by atoms with E-state index < -0.39 is 161 Å². The summed E-state index contributed by atoms with van der Waals surface area (Å²) in [5.41, 5.74) is 29.9. The molecule has 1 heterocycles. The Morgan fingerprint density at radius 1 is 0.578 bits per heavy atom. The topological polar surface area (TPSA) is 565 Å². The molecule has 33 nitrogen and oxygen atoms in total. The molecule has 1 fully saturated rings. The normalized spacial score (nSPS) is 22.3. The highest BCUT2D eigenvalue weighted by molar-refractivity contribution is 7.79. The van der Waals surface area contributed by atoms with Gasteiger partial charge in [0, 0.05) is 19.4 Å². The molecule has 34 heteroatoms. The standard InChI is InChI=1S/C56H98N16O13.H2O4S/c1-7-32(4)13-11-12-16-44(75)63-36(17-23-57)51(80)72-46(34(6)74)56(85)68-39(20-26-60)48(77)67-41-22-28-62-55(84)45(33(5)73)71-52(81)40(21-27-61)65-47(76)37(18-24-58)66-53(82)42(29-31(2)3)69-54(83)43(30-35-14-9-8-10-15-35)70-49(78)38(19-25-59)64-50(41)79;1-5(2,3)4/h8-10,14-15,31-34,36-43,45-46,73-74H,7,11-13,16-30,57-61H2,1-6H3,(H,62,84)(H,63,75)(H,64,79)(H,65,76)(H,66,82)(H,67,77)(H,68,85)(H,69,83)(H,70,78)(H,71,81)(H,72,80);(H2,1,2,3,4)/t32?,33-,34-,36+,37+,38?,39+,40+,41?,42?,43-,45?,46+;/m1./s1. The molecule has 11 amide bonds. The van der Waals surface area contributed by atoms with Gasteiger partial charge in [0.2, 0.25) is 65.0 Å². The molecule has 5 unspecified atom stereocenters. The molecule has 25 N–H and O–H groups in total. The summed E-state index contributed by atoms with van der Waals surface area (Å²) in [6.45, 7) is 9.00. The van der Waals surface area contributed by atoms with Crippen molar-refractivity contribution in [3.8, 4) is 0 Å². The number of hydrogen-bond acceptors (Lipinski definition) is 20. The summed E-state index contributed by atoms with van der Waals surface area (Å²) in [7, 11) is -4.67. The number of unbranched alkanes of at least 4 members (excludes halogenated alkanes) is 1. The van der Waals surface area contributed by atoms with Gasteiger partial charge in [0.1, 0.15) is 60.4 Å². The van der Waals surface area contributed by atoms with E-state index in [0.717, 1.165) is 19.3 Å². The Morgan fingerprint density at radius 2 is 1.04 bits per heavy atom. The molecule has 0 bridgehead atoms. The predicted molar refractivity (Wildman–Crippen MR) is 330 cm³/mol. The molecule has 1 aromatic carbocycles. The highest BCUT2D eigenvalue weighted by atomic mass is 32.3. The summed E-state index contributed by atoms with van der Waals surface area (Å²) in [5.74, 6) is -9.45. The van der Waals surface area contributed by atoms with E-state index in [4.69, 9.17) is 46.2 Å². The number of aliphatic hydroxyl groups is 2. The summed E-state index contributed by atoms with van der Waals surface area (Å²) in [4.78, 5) is 154. The third-order valence-electron chi connectivity index (χ3n) is 14.3. The van der Waals surface area contributed by atoms with Crippen molar-refractivity contribution in [1.29, 1.82) is 0 Å². The maximum Gasteiger partial charge on any atom is 0.394 e. The van der Waals surface area contributed by atoms with Crippen molar-refractivity contribution in [2.75, 3.05) is 39.3 Å². The first-order valence-electron chi connectivity index (χ1n) is 30.2. The zero-order valence-electron chi connectivity index (χ0n) is 52.3. The smallest absolute Gasteiger partial charge is 0.391 e. The van der Waals surface area contributed by atoms with Gasteiger partial charge in [-0.1, -0.05) is 77.3 Å². The Balaban J connectivity index is 0.00000776. The fraction of sp³-hybridized carbons (Fsp3) is 0.696. The first-order valence-corrected chi connectivity index (χ1v) is 31.6. The predicted octanol–water partition coefficient (Wildman–Crippen LogP) is -5.90. The minimum Gasteiger partial charge on any atom is -0.391 e. The van der Waals surface area contributed by atoms with E-state index >= 15 is 0 Å². The highest BCUT2D eigenvalue weighted by Crippen LogP contribution is 2.14. The van der Waals surface area contributed by atoms with Gasteiger partial charge in [-0.25, -0.2) is 0 Å². The van der Waals surface area contributed by atoms with Crippen molar-refractivity contribution >= 4 is 75.4 Å². The minimum absolute atomic E-state index is 0.0173. The van der Waals surface area contributed by atoms with Crippen LogP contribution in [0, 0.1) is 11.8 Å². The number of hydrogen-bond donors (Lipinski definition) is 20. The number of rotatable bonds is 29. The van der Waals surface area contributed by atoms with Crippen molar-refractivity contribution in [1.82, 2.24) is 58.5 Å². The average molecular weight is 1300 g/mol. The van der Waals surface area contributed by atoms with Crippen molar-refractivity contribution in [2.24, 2.45) is 40.5 Å². The molecule has 1 aliphatic heterocycles. The Bertz CT molecular complexity index is 2560. The third-order valence-corrected chi connectivity index (χ3v) is 14.3. The molecule has 1 saturated heterocycles. The van der Waals surface area contributed by atoms with Crippen LogP contribution in [0.3, 0.4) is 0 Å². The quantitative estimate of drug-likeness (QED) is 0.0262. The van der Waals surface area contributed by atoms with Gasteiger partial charge in [-0.15, -0.1) is 0 Å². The second-order valence-corrected chi connectivity index (χ2v) is 23.4. The maximum atomic E-state index is 14.5. The van der Waals surface area contributed by atoms with E-state index in [9.17, 15) is 63.0 Å². The highest BCUT2D eigenvalue weighted by Gasteiger charge is 2.37. The Kier molecular flexibility index (Phi) is 38.6. The number of aliphatic hydroxyl groups excluding tert-OH is 2. The molecule has 2 rings (SSSR count). The first-order chi connectivity index (χ1) is 42.3. The van der Waals surface area contributed by atoms with Gasteiger partial charge in [0.15, 0.2) is 0 Å². The van der Waals surface area contributed by atoms with Crippen LogP contribution in [0.1, 0.15) is 124 Å². The van der Waals surface area contributed by atoms with E-state index in [-0.39, 0.29) is 90.0 Å². The van der Waals surface area contributed by atoms with Crippen LogP contribution < -0.4 is 87.2 Å². The average Bonchev–Trinajstić information content (AvgIpc) is 1.33. The van der Waals surface area contributed by atoms with Crippen LogP contribution in [0.25, 0.3) is 0 Å². The lowest BCUT2D eigenvalue weighted by atomic mass is 10.00. The SMILES string of the molecule is CCC(C)CCCCC(=O)N[C@@H](CCN)C(=O)N[C@H](C(=O)N[C@@H](CCN)C(=O)NC1CCNC(=O)C([C@@H](C)O)NC(=O)[C@H](CCN)NC(=O)[C@H](CCN)NC(=O)C(CC(C)C)NC(=O)[C@@H](Cc2ccccc2)NC(=O)C(CCN)NC1=O)[C@@H](C)O.O=S(=O)(O)O. The maximum absolute atomic E-state index is 14.5. The molecule has 0 aliphatic carbocycles. The van der Waals surface area contributed by atoms with Gasteiger partial charge in [-0.05, 0) is 115 Å². The number of carbonyl (C=O) groups excluding carboxylic acids is 11. The third kappa shape index (κ3) is 32.1.